The van der Waals surface area contributed by atoms with Gasteiger partial charge in [-0.3, -0.25) is 0 Å². The smallest absolute Gasteiger partial charge is 0.150 e. The van der Waals surface area contributed by atoms with Gasteiger partial charge in [0.2, 0.25) is 0 Å². The van der Waals surface area contributed by atoms with Crippen molar-refractivity contribution in [2.75, 3.05) is 11.9 Å². The number of halogens is 3. The Morgan fingerprint density at radius 1 is 1.50 bits per heavy atom. The molecule has 1 nitrogen and oxygen atoms in total. The summed E-state index contributed by atoms with van der Waals surface area (Å²) in [6.45, 7) is 5.95. The zero-order valence-electron chi connectivity index (χ0n) is 7.70. The van der Waals surface area contributed by atoms with E-state index in [1.54, 1.807) is 0 Å². The second kappa shape index (κ2) is 4.55. The van der Waals surface area contributed by atoms with Gasteiger partial charge in [0.05, 0.1) is 5.69 Å². The Labute approximate surface area is 90.0 Å². The van der Waals surface area contributed by atoms with E-state index in [2.05, 4.69) is 27.8 Å². The number of anilines is 1. The standard InChI is InChI=1S/C10H10BrF2N/c1-6(2)5-14-10-8(11)3-7(12)4-9(10)13/h3-4,14H,1,5H2,2H3. The summed E-state index contributed by atoms with van der Waals surface area (Å²) < 4.78 is 26.3. The van der Waals surface area contributed by atoms with E-state index in [9.17, 15) is 8.78 Å². The molecule has 0 atom stereocenters. The van der Waals surface area contributed by atoms with Crippen molar-refractivity contribution in [1.82, 2.24) is 0 Å². The Bertz CT molecular complexity index is 340. The summed E-state index contributed by atoms with van der Waals surface area (Å²) in [7, 11) is 0. The number of benzene rings is 1. The minimum atomic E-state index is -0.613. The lowest BCUT2D eigenvalue weighted by atomic mass is 10.2. The van der Waals surface area contributed by atoms with E-state index in [0.717, 1.165) is 11.6 Å². The fourth-order valence-corrected chi connectivity index (χ4v) is 1.50. The second-order valence-electron chi connectivity index (χ2n) is 3.06. The predicted molar refractivity (Wildman–Crippen MR) is 57.4 cm³/mol. The number of nitrogens with one attached hydrogen (secondary N) is 1. The van der Waals surface area contributed by atoms with Crippen LogP contribution in [0.2, 0.25) is 0 Å². The average Bonchev–Trinajstić information content (AvgIpc) is 2.01. The summed E-state index contributed by atoms with van der Waals surface area (Å²) in [6, 6.07) is 2.05. The molecule has 1 aromatic rings. The molecule has 0 aliphatic heterocycles. The minimum absolute atomic E-state index is 0.259. The molecule has 0 aliphatic rings. The highest BCUT2D eigenvalue weighted by molar-refractivity contribution is 9.10. The molecule has 14 heavy (non-hydrogen) atoms. The molecule has 0 bridgehead atoms. The van der Waals surface area contributed by atoms with Gasteiger partial charge in [-0.15, -0.1) is 0 Å². The summed E-state index contributed by atoms with van der Waals surface area (Å²) >= 11 is 3.08. The molecule has 0 saturated heterocycles. The molecule has 76 valence electrons. The molecule has 0 spiro atoms. The molecule has 0 aromatic heterocycles. The second-order valence-corrected chi connectivity index (χ2v) is 3.91. The maximum absolute atomic E-state index is 13.2. The molecule has 0 fully saturated rings. The summed E-state index contributed by atoms with van der Waals surface area (Å²) in [5.41, 5.74) is 1.13. The van der Waals surface area contributed by atoms with E-state index in [1.165, 1.54) is 6.07 Å². The predicted octanol–water partition coefficient (Wildman–Crippen LogP) is 3.72. The Kier molecular flexibility index (Phi) is 3.63. The molecule has 0 saturated carbocycles. The zero-order valence-corrected chi connectivity index (χ0v) is 9.29. The summed E-state index contributed by atoms with van der Waals surface area (Å²) in [5.74, 6) is -1.21. The lowest BCUT2D eigenvalue weighted by Crippen LogP contribution is -2.04. The van der Waals surface area contributed by atoms with Crippen molar-refractivity contribution in [3.8, 4) is 0 Å². The lowest BCUT2D eigenvalue weighted by Gasteiger charge is -2.09. The van der Waals surface area contributed by atoms with Crippen LogP contribution in [0.25, 0.3) is 0 Å². The third-order valence-electron chi connectivity index (χ3n) is 1.57. The molecular formula is C10H10BrF2N. The van der Waals surface area contributed by atoms with Crippen LogP contribution in [0, 0.1) is 11.6 Å². The Balaban J connectivity index is 2.91. The van der Waals surface area contributed by atoms with Crippen molar-refractivity contribution >= 4 is 21.6 Å². The van der Waals surface area contributed by atoms with Crippen LogP contribution in [0.4, 0.5) is 14.5 Å². The maximum Gasteiger partial charge on any atom is 0.150 e. The normalized spacial score (nSPS) is 10.0. The highest BCUT2D eigenvalue weighted by Gasteiger charge is 2.08. The van der Waals surface area contributed by atoms with Gasteiger partial charge in [0.15, 0.2) is 0 Å². The van der Waals surface area contributed by atoms with Crippen LogP contribution in [-0.4, -0.2) is 6.54 Å². The van der Waals surface area contributed by atoms with E-state index in [1.807, 2.05) is 6.92 Å². The molecule has 1 aromatic carbocycles. The summed E-state index contributed by atoms with van der Waals surface area (Å²) in [6.07, 6.45) is 0. The van der Waals surface area contributed by atoms with Gasteiger partial charge in [-0.05, 0) is 28.9 Å². The van der Waals surface area contributed by atoms with Gasteiger partial charge in [-0.25, -0.2) is 8.78 Å². The number of hydrogen-bond acceptors (Lipinski definition) is 1. The van der Waals surface area contributed by atoms with Crippen LogP contribution in [0.1, 0.15) is 6.92 Å². The first kappa shape index (κ1) is 11.2. The van der Waals surface area contributed by atoms with Gasteiger partial charge in [-0.1, -0.05) is 12.2 Å². The molecule has 4 heteroatoms. The van der Waals surface area contributed by atoms with E-state index in [0.29, 0.717) is 11.0 Å². The lowest BCUT2D eigenvalue weighted by molar-refractivity contribution is 0.584. The Morgan fingerprint density at radius 3 is 2.64 bits per heavy atom. The van der Waals surface area contributed by atoms with Crippen molar-refractivity contribution < 1.29 is 8.78 Å². The van der Waals surface area contributed by atoms with Crippen LogP contribution in [0.3, 0.4) is 0 Å². The zero-order chi connectivity index (χ0) is 10.7. The van der Waals surface area contributed by atoms with Crippen molar-refractivity contribution in [2.45, 2.75) is 6.92 Å². The van der Waals surface area contributed by atoms with E-state index in [4.69, 9.17) is 0 Å². The average molecular weight is 262 g/mol. The van der Waals surface area contributed by atoms with E-state index >= 15 is 0 Å². The van der Waals surface area contributed by atoms with Crippen LogP contribution in [0.5, 0.6) is 0 Å². The molecular weight excluding hydrogens is 252 g/mol. The molecule has 0 amide bonds. The first-order chi connectivity index (χ1) is 6.50. The van der Waals surface area contributed by atoms with Gasteiger partial charge in [0, 0.05) is 17.1 Å². The monoisotopic (exact) mass is 261 g/mol. The topological polar surface area (TPSA) is 12.0 Å². The first-order valence-corrected chi connectivity index (χ1v) is 4.83. The van der Waals surface area contributed by atoms with Gasteiger partial charge in [-0.2, -0.15) is 0 Å². The molecule has 0 aliphatic carbocycles. The summed E-state index contributed by atoms with van der Waals surface area (Å²) in [4.78, 5) is 0. The van der Waals surface area contributed by atoms with Gasteiger partial charge < -0.3 is 5.32 Å². The quantitative estimate of drug-likeness (QED) is 0.818. The van der Waals surface area contributed by atoms with Crippen molar-refractivity contribution in [1.29, 1.82) is 0 Å². The van der Waals surface area contributed by atoms with Crippen LogP contribution >= 0.6 is 15.9 Å². The molecule has 1 N–H and O–H groups in total. The Morgan fingerprint density at radius 2 is 2.14 bits per heavy atom. The largest absolute Gasteiger partial charge is 0.378 e. The molecule has 0 radical (unpaired) electrons. The van der Waals surface area contributed by atoms with Gasteiger partial charge in [0.1, 0.15) is 11.6 Å². The number of rotatable bonds is 3. The van der Waals surface area contributed by atoms with Gasteiger partial charge >= 0.3 is 0 Å². The molecule has 0 heterocycles. The van der Waals surface area contributed by atoms with Crippen molar-refractivity contribution in [3.05, 3.63) is 40.4 Å². The fraction of sp³-hybridized carbons (Fsp3) is 0.200. The van der Waals surface area contributed by atoms with Crippen LogP contribution in [0.15, 0.2) is 28.8 Å². The highest BCUT2D eigenvalue weighted by atomic mass is 79.9. The minimum Gasteiger partial charge on any atom is -0.378 e. The summed E-state index contributed by atoms with van der Waals surface area (Å²) in [5, 5.41) is 2.82. The third kappa shape index (κ3) is 2.80. The highest BCUT2D eigenvalue weighted by Crippen LogP contribution is 2.26. The van der Waals surface area contributed by atoms with E-state index in [-0.39, 0.29) is 5.69 Å². The van der Waals surface area contributed by atoms with Crippen molar-refractivity contribution in [3.63, 3.8) is 0 Å². The fourth-order valence-electron chi connectivity index (χ4n) is 0.950. The van der Waals surface area contributed by atoms with Gasteiger partial charge in [0.25, 0.3) is 0 Å². The van der Waals surface area contributed by atoms with Crippen molar-refractivity contribution in [2.24, 2.45) is 0 Å². The Hall–Kier alpha value is -0.900. The third-order valence-corrected chi connectivity index (χ3v) is 2.20. The number of hydrogen-bond donors (Lipinski definition) is 1. The molecule has 0 unspecified atom stereocenters. The first-order valence-electron chi connectivity index (χ1n) is 4.03. The van der Waals surface area contributed by atoms with E-state index < -0.39 is 11.6 Å². The van der Waals surface area contributed by atoms with Crippen LogP contribution in [-0.2, 0) is 0 Å². The SMILES string of the molecule is C=C(C)CNc1c(F)cc(F)cc1Br. The maximum atomic E-state index is 13.2. The van der Waals surface area contributed by atoms with Crippen LogP contribution < -0.4 is 5.32 Å². The molecule has 1 rings (SSSR count).